The van der Waals surface area contributed by atoms with E-state index in [-0.39, 0.29) is 11.9 Å². The van der Waals surface area contributed by atoms with Crippen LogP contribution in [0.2, 0.25) is 0 Å². The highest BCUT2D eigenvalue weighted by atomic mass is 16.2. The van der Waals surface area contributed by atoms with Gasteiger partial charge in [0, 0.05) is 36.1 Å². The largest absolute Gasteiger partial charge is 0.338 e. The van der Waals surface area contributed by atoms with E-state index in [1.165, 1.54) is 18.4 Å². The number of carbonyl (C=O) groups is 1. The Balaban J connectivity index is 1.78. The Labute approximate surface area is 155 Å². The van der Waals surface area contributed by atoms with Crippen LogP contribution in [0, 0.1) is 19.8 Å². The molecule has 1 aromatic carbocycles. The second kappa shape index (κ2) is 6.66. The van der Waals surface area contributed by atoms with Crippen molar-refractivity contribution in [2.24, 2.45) is 11.7 Å². The zero-order chi connectivity index (χ0) is 18.4. The molecule has 1 saturated carbocycles. The minimum absolute atomic E-state index is 0.131. The molecule has 1 saturated heterocycles. The molecule has 4 rings (SSSR count). The van der Waals surface area contributed by atoms with Gasteiger partial charge in [-0.15, -0.1) is 0 Å². The van der Waals surface area contributed by atoms with Crippen LogP contribution in [0.3, 0.4) is 0 Å². The van der Waals surface area contributed by atoms with Crippen molar-refractivity contribution in [3.63, 3.8) is 0 Å². The van der Waals surface area contributed by atoms with Gasteiger partial charge in [-0.1, -0.05) is 11.6 Å². The summed E-state index contributed by atoms with van der Waals surface area (Å²) in [5.41, 5.74) is 11.4. The number of aryl methyl sites for hydroxylation is 2. The van der Waals surface area contributed by atoms with Gasteiger partial charge in [-0.3, -0.25) is 9.78 Å². The van der Waals surface area contributed by atoms with Gasteiger partial charge in [-0.25, -0.2) is 0 Å². The Bertz CT molecular complexity index is 854. The third-order valence-corrected chi connectivity index (χ3v) is 5.98. The first-order valence-corrected chi connectivity index (χ1v) is 9.91. The van der Waals surface area contributed by atoms with Gasteiger partial charge in [0.05, 0.1) is 11.1 Å². The van der Waals surface area contributed by atoms with Gasteiger partial charge in [-0.05, 0) is 70.1 Å². The number of piperidine rings is 1. The fraction of sp³-hybridized carbons (Fsp3) is 0.545. The van der Waals surface area contributed by atoms with Gasteiger partial charge in [0.25, 0.3) is 5.91 Å². The second-order valence-corrected chi connectivity index (χ2v) is 8.36. The summed E-state index contributed by atoms with van der Waals surface area (Å²) in [7, 11) is 0. The minimum atomic E-state index is 0.131. The summed E-state index contributed by atoms with van der Waals surface area (Å²) in [4.78, 5) is 20.4. The summed E-state index contributed by atoms with van der Waals surface area (Å²) < 4.78 is 0. The number of amides is 1. The quantitative estimate of drug-likeness (QED) is 0.911. The highest BCUT2D eigenvalue weighted by molar-refractivity contribution is 6.07. The molecule has 1 amide bonds. The molecule has 26 heavy (non-hydrogen) atoms. The van der Waals surface area contributed by atoms with Crippen LogP contribution in [0.1, 0.15) is 65.7 Å². The van der Waals surface area contributed by atoms with E-state index in [9.17, 15) is 4.79 Å². The predicted molar refractivity (Wildman–Crippen MR) is 105 cm³/mol. The molecule has 0 bridgehead atoms. The summed E-state index contributed by atoms with van der Waals surface area (Å²) in [6.07, 6.45) is 4.53. The van der Waals surface area contributed by atoms with E-state index in [0.29, 0.717) is 11.8 Å². The Morgan fingerprint density at radius 2 is 2.00 bits per heavy atom. The Kier molecular flexibility index (Phi) is 4.47. The van der Waals surface area contributed by atoms with Crippen molar-refractivity contribution in [3.05, 3.63) is 40.6 Å². The lowest BCUT2D eigenvalue weighted by Crippen LogP contribution is -2.45. The number of pyridine rings is 1. The fourth-order valence-corrected chi connectivity index (χ4v) is 4.26. The highest BCUT2D eigenvalue weighted by Crippen LogP contribution is 2.41. The lowest BCUT2D eigenvalue weighted by molar-refractivity contribution is 0.0663. The van der Waals surface area contributed by atoms with Crippen LogP contribution < -0.4 is 5.73 Å². The number of nitrogens with two attached hydrogens (primary N) is 1. The van der Waals surface area contributed by atoms with E-state index in [1.807, 2.05) is 4.90 Å². The Morgan fingerprint density at radius 1 is 1.23 bits per heavy atom. The van der Waals surface area contributed by atoms with E-state index in [1.54, 1.807) is 0 Å². The van der Waals surface area contributed by atoms with Gasteiger partial charge >= 0.3 is 0 Å². The van der Waals surface area contributed by atoms with E-state index in [0.717, 1.165) is 53.7 Å². The van der Waals surface area contributed by atoms with Crippen molar-refractivity contribution in [1.82, 2.24) is 9.88 Å². The van der Waals surface area contributed by atoms with Crippen molar-refractivity contribution in [2.45, 2.75) is 58.4 Å². The molecule has 2 aromatic rings. The first-order chi connectivity index (χ1) is 12.4. The molecule has 1 aromatic heterocycles. The number of benzene rings is 1. The van der Waals surface area contributed by atoms with Gasteiger partial charge in [-0.2, -0.15) is 0 Å². The van der Waals surface area contributed by atoms with E-state index in [4.69, 9.17) is 10.7 Å². The standard InChI is InChI=1S/C22H29N3O/c1-13-9-14(2)21-18(10-13)19(11-20(24-21)16-6-7-16)22(26)25-8-4-5-17(12-25)15(3)23/h9-11,15-17H,4-8,12,23H2,1-3H3. The molecule has 1 aliphatic carbocycles. The lowest BCUT2D eigenvalue weighted by Gasteiger charge is -2.35. The molecule has 0 radical (unpaired) electrons. The van der Waals surface area contributed by atoms with E-state index < -0.39 is 0 Å². The maximum Gasteiger partial charge on any atom is 0.254 e. The smallest absolute Gasteiger partial charge is 0.254 e. The maximum absolute atomic E-state index is 13.5. The van der Waals surface area contributed by atoms with Gasteiger partial charge < -0.3 is 10.6 Å². The number of hydrogen-bond donors (Lipinski definition) is 1. The van der Waals surface area contributed by atoms with Crippen LogP contribution in [-0.4, -0.2) is 34.9 Å². The van der Waals surface area contributed by atoms with Crippen molar-refractivity contribution < 1.29 is 4.79 Å². The summed E-state index contributed by atoms with van der Waals surface area (Å²) in [6, 6.07) is 6.47. The number of fused-ring (bicyclic) bond motifs is 1. The number of nitrogens with zero attached hydrogens (tertiary/aromatic N) is 2. The van der Waals surface area contributed by atoms with Crippen LogP contribution >= 0.6 is 0 Å². The van der Waals surface area contributed by atoms with Gasteiger partial charge in [0.1, 0.15) is 0 Å². The third kappa shape index (κ3) is 3.23. The molecule has 4 nitrogen and oxygen atoms in total. The molecule has 2 fully saturated rings. The van der Waals surface area contributed by atoms with Crippen LogP contribution in [0.4, 0.5) is 0 Å². The van der Waals surface area contributed by atoms with Gasteiger partial charge in [0.2, 0.25) is 0 Å². The number of rotatable bonds is 3. The highest BCUT2D eigenvalue weighted by Gasteiger charge is 2.30. The zero-order valence-corrected chi connectivity index (χ0v) is 16.1. The van der Waals surface area contributed by atoms with Crippen LogP contribution in [0.15, 0.2) is 18.2 Å². The third-order valence-electron chi connectivity index (χ3n) is 5.98. The Hall–Kier alpha value is -1.94. The molecule has 2 atom stereocenters. The number of hydrogen-bond acceptors (Lipinski definition) is 3. The minimum Gasteiger partial charge on any atom is -0.338 e. The molecule has 1 aliphatic heterocycles. The van der Waals surface area contributed by atoms with Crippen LogP contribution in [-0.2, 0) is 0 Å². The predicted octanol–water partition coefficient (Wildman–Crippen LogP) is 3.93. The molecule has 2 N–H and O–H groups in total. The molecular formula is C22H29N3O. The maximum atomic E-state index is 13.5. The summed E-state index contributed by atoms with van der Waals surface area (Å²) in [5, 5.41) is 1.000. The van der Waals surface area contributed by atoms with Gasteiger partial charge in [0.15, 0.2) is 0 Å². The molecule has 2 heterocycles. The summed E-state index contributed by atoms with van der Waals surface area (Å²) in [6.45, 7) is 7.83. The number of aromatic nitrogens is 1. The SMILES string of the molecule is Cc1cc(C)c2nc(C3CC3)cc(C(=O)N3CCCC(C(C)N)C3)c2c1. The van der Waals surface area contributed by atoms with Crippen molar-refractivity contribution >= 4 is 16.8 Å². The molecule has 0 spiro atoms. The topological polar surface area (TPSA) is 59.2 Å². The average Bonchev–Trinajstić information content (AvgIpc) is 3.45. The lowest BCUT2D eigenvalue weighted by atomic mass is 9.91. The van der Waals surface area contributed by atoms with E-state index in [2.05, 4.69) is 39.0 Å². The monoisotopic (exact) mass is 351 g/mol. The van der Waals surface area contributed by atoms with Crippen molar-refractivity contribution in [2.75, 3.05) is 13.1 Å². The first kappa shape index (κ1) is 17.5. The number of carbonyl (C=O) groups excluding carboxylic acids is 1. The normalized spacial score (nSPS) is 21.8. The van der Waals surface area contributed by atoms with Crippen molar-refractivity contribution in [1.29, 1.82) is 0 Å². The van der Waals surface area contributed by atoms with E-state index >= 15 is 0 Å². The fourth-order valence-electron chi connectivity index (χ4n) is 4.26. The Morgan fingerprint density at radius 3 is 2.69 bits per heavy atom. The summed E-state index contributed by atoms with van der Waals surface area (Å²) >= 11 is 0. The number of likely N-dealkylation sites (tertiary alicyclic amines) is 1. The average molecular weight is 351 g/mol. The molecule has 4 heteroatoms. The second-order valence-electron chi connectivity index (χ2n) is 8.36. The first-order valence-electron chi connectivity index (χ1n) is 9.91. The summed E-state index contributed by atoms with van der Waals surface area (Å²) in [5.74, 6) is 1.08. The van der Waals surface area contributed by atoms with Crippen LogP contribution in [0.5, 0.6) is 0 Å². The molecular weight excluding hydrogens is 322 g/mol. The molecule has 2 aliphatic rings. The van der Waals surface area contributed by atoms with Crippen LogP contribution in [0.25, 0.3) is 10.9 Å². The molecule has 2 unspecified atom stereocenters. The molecule has 138 valence electrons. The zero-order valence-electron chi connectivity index (χ0n) is 16.1. The van der Waals surface area contributed by atoms with Crippen molar-refractivity contribution in [3.8, 4) is 0 Å².